The molecule has 0 aliphatic carbocycles. The fraction of sp³-hybridized carbons (Fsp3) is 0.333. The van der Waals surface area contributed by atoms with Crippen molar-refractivity contribution >= 4 is 17.5 Å². The van der Waals surface area contributed by atoms with Crippen LogP contribution in [-0.4, -0.2) is 50.1 Å². The molecule has 0 bridgehead atoms. The maximum Gasteiger partial charge on any atom is 0.243 e. The summed E-state index contributed by atoms with van der Waals surface area (Å²) in [4.78, 5) is 26.5. The third kappa shape index (κ3) is 4.94. The number of hydrogen-bond donors (Lipinski definition) is 1. The zero-order valence-corrected chi connectivity index (χ0v) is 16.1. The largest absolute Gasteiger partial charge is 0.497 e. The van der Waals surface area contributed by atoms with Gasteiger partial charge < -0.3 is 24.4 Å². The van der Waals surface area contributed by atoms with Crippen LogP contribution in [0.5, 0.6) is 17.2 Å². The summed E-state index contributed by atoms with van der Waals surface area (Å²) in [6, 6.07) is 12.6. The van der Waals surface area contributed by atoms with Gasteiger partial charge in [0.1, 0.15) is 19.0 Å². The van der Waals surface area contributed by atoms with E-state index in [1.54, 1.807) is 25.3 Å². The summed E-state index contributed by atoms with van der Waals surface area (Å²) < 4.78 is 16.2. The Balaban J connectivity index is 1.58. The van der Waals surface area contributed by atoms with Crippen LogP contribution in [-0.2, 0) is 16.0 Å². The first kappa shape index (κ1) is 19.5. The smallest absolute Gasteiger partial charge is 0.243 e. The van der Waals surface area contributed by atoms with Gasteiger partial charge in [-0.15, -0.1) is 0 Å². The van der Waals surface area contributed by atoms with Gasteiger partial charge in [-0.2, -0.15) is 0 Å². The number of fused-ring (bicyclic) bond motifs is 1. The van der Waals surface area contributed by atoms with E-state index in [-0.39, 0.29) is 24.8 Å². The van der Waals surface area contributed by atoms with Crippen molar-refractivity contribution in [1.29, 1.82) is 0 Å². The highest BCUT2D eigenvalue weighted by Gasteiger charge is 2.17. The van der Waals surface area contributed by atoms with E-state index in [1.165, 1.54) is 4.90 Å². The predicted octanol–water partition coefficient (Wildman–Crippen LogP) is 2.50. The van der Waals surface area contributed by atoms with Gasteiger partial charge in [0.25, 0.3) is 0 Å². The lowest BCUT2D eigenvalue weighted by molar-refractivity contribution is -0.133. The summed E-state index contributed by atoms with van der Waals surface area (Å²) in [5.41, 5.74) is 1.44. The molecule has 2 aromatic rings. The number of nitrogens with zero attached hydrogens (tertiary/aromatic N) is 1. The minimum absolute atomic E-state index is 0.0201. The minimum atomic E-state index is -0.266. The van der Waals surface area contributed by atoms with Crippen molar-refractivity contribution in [1.82, 2.24) is 4.90 Å². The molecule has 28 heavy (non-hydrogen) atoms. The third-order valence-electron chi connectivity index (χ3n) is 4.38. The van der Waals surface area contributed by atoms with Gasteiger partial charge in [0.15, 0.2) is 11.5 Å². The molecule has 1 heterocycles. The van der Waals surface area contributed by atoms with Gasteiger partial charge in [0.05, 0.1) is 20.1 Å². The van der Waals surface area contributed by atoms with Crippen molar-refractivity contribution in [2.75, 3.05) is 38.7 Å². The molecule has 0 spiro atoms. The molecule has 1 aliphatic rings. The summed E-state index contributed by atoms with van der Waals surface area (Å²) in [5, 5.41) is 2.81. The molecule has 0 saturated heterocycles. The maximum absolute atomic E-state index is 12.6. The van der Waals surface area contributed by atoms with Crippen molar-refractivity contribution < 1.29 is 23.8 Å². The van der Waals surface area contributed by atoms with Gasteiger partial charge in [-0.1, -0.05) is 12.1 Å². The quantitative estimate of drug-likeness (QED) is 0.794. The molecule has 0 radical (unpaired) electrons. The molecule has 0 atom stereocenters. The van der Waals surface area contributed by atoms with Crippen molar-refractivity contribution in [3.05, 3.63) is 48.0 Å². The Morgan fingerprint density at radius 1 is 1.11 bits per heavy atom. The number of likely N-dealkylation sites (N-methyl/N-ethyl adjacent to an activating group) is 1. The van der Waals surface area contributed by atoms with Gasteiger partial charge >= 0.3 is 0 Å². The second-order valence-corrected chi connectivity index (χ2v) is 6.34. The lowest BCUT2D eigenvalue weighted by atomic mass is 10.1. The summed E-state index contributed by atoms with van der Waals surface area (Å²) in [7, 11) is 1.58. The number of methoxy groups -OCH3 is 1. The molecular formula is C21H24N2O5. The van der Waals surface area contributed by atoms with E-state index in [4.69, 9.17) is 14.2 Å². The molecule has 1 N–H and O–H groups in total. The number of rotatable bonds is 7. The lowest BCUT2D eigenvalue weighted by Gasteiger charge is -2.21. The van der Waals surface area contributed by atoms with E-state index in [0.717, 1.165) is 5.56 Å². The number of anilines is 1. The van der Waals surface area contributed by atoms with Crippen LogP contribution < -0.4 is 19.5 Å². The highest BCUT2D eigenvalue weighted by atomic mass is 16.6. The molecule has 7 nitrogen and oxygen atoms in total. The van der Waals surface area contributed by atoms with Crippen LogP contribution in [0.3, 0.4) is 0 Å². The van der Waals surface area contributed by atoms with Crippen LogP contribution in [0.4, 0.5) is 5.69 Å². The summed E-state index contributed by atoms with van der Waals surface area (Å²) >= 11 is 0. The zero-order valence-electron chi connectivity index (χ0n) is 16.1. The standard InChI is InChI=1S/C21H24N2O5/c1-3-23(21(25)12-15-5-4-6-17(11-15)26-2)14-20(24)22-16-7-8-18-19(13-16)28-10-9-27-18/h4-8,11,13H,3,9-10,12,14H2,1-2H3,(H,22,24). The molecule has 0 saturated carbocycles. The van der Waals surface area contributed by atoms with E-state index < -0.39 is 0 Å². The van der Waals surface area contributed by atoms with E-state index >= 15 is 0 Å². The minimum Gasteiger partial charge on any atom is -0.497 e. The number of carbonyl (C=O) groups is 2. The Kier molecular flexibility index (Phi) is 6.37. The van der Waals surface area contributed by atoms with Crippen molar-refractivity contribution in [2.24, 2.45) is 0 Å². The van der Waals surface area contributed by atoms with Crippen LogP contribution in [0.25, 0.3) is 0 Å². The highest BCUT2D eigenvalue weighted by molar-refractivity contribution is 5.95. The average molecular weight is 384 g/mol. The first-order chi connectivity index (χ1) is 13.6. The van der Waals surface area contributed by atoms with Crippen LogP contribution >= 0.6 is 0 Å². The molecule has 148 valence electrons. The zero-order chi connectivity index (χ0) is 19.9. The predicted molar refractivity (Wildman–Crippen MR) is 105 cm³/mol. The average Bonchev–Trinajstić information content (AvgIpc) is 2.72. The number of nitrogens with one attached hydrogen (secondary N) is 1. The van der Waals surface area contributed by atoms with Gasteiger partial charge in [0, 0.05) is 18.3 Å². The fourth-order valence-electron chi connectivity index (χ4n) is 2.94. The summed E-state index contributed by atoms with van der Waals surface area (Å²) in [6.45, 7) is 3.26. The van der Waals surface area contributed by atoms with E-state index in [0.29, 0.717) is 42.7 Å². The Morgan fingerprint density at radius 3 is 2.64 bits per heavy atom. The van der Waals surface area contributed by atoms with Crippen LogP contribution in [0, 0.1) is 0 Å². The number of amides is 2. The van der Waals surface area contributed by atoms with Crippen LogP contribution in [0.2, 0.25) is 0 Å². The molecule has 1 aliphatic heterocycles. The highest BCUT2D eigenvalue weighted by Crippen LogP contribution is 2.32. The fourth-order valence-corrected chi connectivity index (χ4v) is 2.94. The molecule has 3 rings (SSSR count). The Morgan fingerprint density at radius 2 is 1.89 bits per heavy atom. The monoisotopic (exact) mass is 384 g/mol. The summed E-state index contributed by atoms with van der Waals surface area (Å²) in [6.07, 6.45) is 0.211. The number of hydrogen-bond acceptors (Lipinski definition) is 5. The van der Waals surface area contributed by atoms with Crippen LogP contribution in [0.1, 0.15) is 12.5 Å². The van der Waals surface area contributed by atoms with Gasteiger partial charge in [0.2, 0.25) is 11.8 Å². The molecule has 0 fully saturated rings. The second kappa shape index (κ2) is 9.12. The number of carbonyl (C=O) groups excluding carboxylic acids is 2. The number of benzene rings is 2. The maximum atomic E-state index is 12.6. The van der Waals surface area contributed by atoms with E-state index in [9.17, 15) is 9.59 Å². The van der Waals surface area contributed by atoms with Crippen molar-refractivity contribution in [3.8, 4) is 17.2 Å². The van der Waals surface area contributed by atoms with Gasteiger partial charge in [-0.25, -0.2) is 0 Å². The topological polar surface area (TPSA) is 77.1 Å². The molecule has 0 aromatic heterocycles. The molecule has 2 amide bonds. The Hall–Kier alpha value is -3.22. The lowest BCUT2D eigenvalue weighted by Crippen LogP contribution is -2.38. The third-order valence-corrected chi connectivity index (χ3v) is 4.38. The molecule has 0 unspecified atom stereocenters. The Bertz CT molecular complexity index is 852. The SMILES string of the molecule is CCN(CC(=O)Nc1ccc2c(c1)OCCO2)C(=O)Cc1cccc(OC)c1. The van der Waals surface area contributed by atoms with Gasteiger partial charge in [-0.05, 0) is 36.8 Å². The van der Waals surface area contributed by atoms with Crippen molar-refractivity contribution in [3.63, 3.8) is 0 Å². The van der Waals surface area contributed by atoms with Gasteiger partial charge in [-0.3, -0.25) is 9.59 Å². The molecular weight excluding hydrogens is 360 g/mol. The van der Waals surface area contributed by atoms with E-state index in [2.05, 4.69) is 5.32 Å². The first-order valence-electron chi connectivity index (χ1n) is 9.19. The van der Waals surface area contributed by atoms with Crippen LogP contribution in [0.15, 0.2) is 42.5 Å². The molecule has 2 aromatic carbocycles. The first-order valence-corrected chi connectivity index (χ1v) is 9.19. The number of ether oxygens (including phenoxy) is 3. The second-order valence-electron chi connectivity index (χ2n) is 6.34. The van der Waals surface area contributed by atoms with Crippen molar-refractivity contribution in [2.45, 2.75) is 13.3 Å². The molecule has 7 heteroatoms. The normalized spacial score (nSPS) is 12.2. The summed E-state index contributed by atoms with van der Waals surface area (Å²) in [5.74, 6) is 1.58. The van der Waals surface area contributed by atoms with E-state index in [1.807, 2.05) is 31.2 Å². The Labute approximate surface area is 164 Å².